The molecule has 7 heteroatoms. The Labute approximate surface area is 161 Å². The molecule has 0 spiro atoms. The first-order valence-corrected chi connectivity index (χ1v) is 9.26. The largest absolute Gasteiger partial charge is 0.493 e. The fraction of sp³-hybridized carbons (Fsp3) is 0.600. The average Bonchev–Trinajstić information content (AvgIpc) is 2.95. The van der Waals surface area contributed by atoms with Crippen molar-refractivity contribution in [1.29, 1.82) is 0 Å². The quantitative estimate of drug-likeness (QED) is 0.770. The second-order valence-electron chi connectivity index (χ2n) is 7.20. The lowest BCUT2D eigenvalue weighted by Crippen LogP contribution is -2.47. The van der Waals surface area contributed by atoms with Gasteiger partial charge in [-0.2, -0.15) is 0 Å². The van der Waals surface area contributed by atoms with Crippen molar-refractivity contribution < 1.29 is 23.8 Å². The summed E-state index contributed by atoms with van der Waals surface area (Å²) in [5.74, 6) is 0.797. The molecule has 1 aliphatic heterocycles. The summed E-state index contributed by atoms with van der Waals surface area (Å²) in [6.45, 7) is 4.74. The van der Waals surface area contributed by atoms with Crippen LogP contribution in [0.1, 0.15) is 39.5 Å². The lowest BCUT2D eigenvalue weighted by atomic mass is 9.90. The average molecular weight is 378 g/mol. The molecular formula is C20H30N2O5. The minimum absolute atomic E-state index is 0.144. The number of nitrogens with one attached hydrogen (secondary N) is 1. The standard InChI is InChI=1S/C20H30N2O5/c1-20(2,19(24)22-10-8-6-7-9-11-22)18(23)21-14-12-15(25-3)17(27-5)16(13-14)26-4/h12-13H,6-11H2,1-5H3,(H,21,23). The summed E-state index contributed by atoms with van der Waals surface area (Å²) in [4.78, 5) is 27.6. The summed E-state index contributed by atoms with van der Waals surface area (Å²) in [7, 11) is 4.53. The van der Waals surface area contributed by atoms with Crippen LogP contribution in [0.25, 0.3) is 0 Å². The molecule has 1 aromatic carbocycles. The van der Waals surface area contributed by atoms with Crippen LogP contribution in [-0.4, -0.2) is 51.1 Å². The zero-order valence-corrected chi connectivity index (χ0v) is 16.9. The highest BCUT2D eigenvalue weighted by atomic mass is 16.5. The molecule has 0 aliphatic carbocycles. The summed E-state index contributed by atoms with van der Waals surface area (Å²) in [5, 5.41) is 2.82. The monoisotopic (exact) mass is 378 g/mol. The predicted octanol–water partition coefficient (Wildman–Crippen LogP) is 3.08. The van der Waals surface area contributed by atoms with Crippen LogP contribution in [0.4, 0.5) is 5.69 Å². The topological polar surface area (TPSA) is 77.1 Å². The van der Waals surface area contributed by atoms with Crippen molar-refractivity contribution in [2.45, 2.75) is 39.5 Å². The van der Waals surface area contributed by atoms with Gasteiger partial charge in [-0.15, -0.1) is 0 Å². The number of carbonyl (C=O) groups excluding carboxylic acids is 2. The lowest BCUT2D eigenvalue weighted by molar-refractivity contribution is -0.146. The third-order valence-electron chi connectivity index (χ3n) is 4.92. The van der Waals surface area contributed by atoms with Crippen molar-refractivity contribution >= 4 is 17.5 Å². The van der Waals surface area contributed by atoms with Gasteiger partial charge in [0.1, 0.15) is 5.41 Å². The third kappa shape index (κ3) is 4.64. The Morgan fingerprint density at radius 1 is 0.926 bits per heavy atom. The molecule has 0 saturated carbocycles. The maximum absolute atomic E-state index is 12.9. The van der Waals surface area contributed by atoms with Gasteiger partial charge >= 0.3 is 0 Å². The zero-order chi connectivity index (χ0) is 20.0. The molecule has 1 aromatic rings. The van der Waals surface area contributed by atoms with Crippen molar-refractivity contribution in [3.05, 3.63) is 12.1 Å². The number of methoxy groups -OCH3 is 3. The number of likely N-dealkylation sites (tertiary alicyclic amines) is 1. The maximum Gasteiger partial charge on any atom is 0.239 e. The summed E-state index contributed by atoms with van der Waals surface area (Å²) < 4.78 is 15.9. The van der Waals surface area contributed by atoms with Crippen LogP contribution in [0.2, 0.25) is 0 Å². The molecule has 150 valence electrons. The molecular weight excluding hydrogens is 348 g/mol. The number of ether oxygens (including phenoxy) is 3. The molecule has 0 radical (unpaired) electrons. The van der Waals surface area contributed by atoms with Gasteiger partial charge in [0.05, 0.1) is 21.3 Å². The number of amides is 2. The van der Waals surface area contributed by atoms with Gasteiger partial charge in [-0.05, 0) is 26.7 Å². The predicted molar refractivity (Wildman–Crippen MR) is 104 cm³/mol. The molecule has 2 amide bonds. The van der Waals surface area contributed by atoms with E-state index in [1.54, 1.807) is 26.0 Å². The summed E-state index contributed by atoms with van der Waals surface area (Å²) in [6, 6.07) is 3.29. The zero-order valence-electron chi connectivity index (χ0n) is 16.9. The highest BCUT2D eigenvalue weighted by Crippen LogP contribution is 2.40. The number of benzene rings is 1. The Bertz CT molecular complexity index is 654. The van der Waals surface area contributed by atoms with E-state index in [9.17, 15) is 9.59 Å². The fourth-order valence-electron chi connectivity index (χ4n) is 3.21. The Kier molecular flexibility index (Phi) is 6.93. The number of nitrogens with zero attached hydrogens (tertiary/aromatic N) is 1. The molecule has 0 bridgehead atoms. The Morgan fingerprint density at radius 3 is 1.89 bits per heavy atom. The Hall–Kier alpha value is -2.44. The summed E-state index contributed by atoms with van der Waals surface area (Å²) >= 11 is 0. The molecule has 7 nitrogen and oxygen atoms in total. The SMILES string of the molecule is COc1cc(NC(=O)C(C)(C)C(=O)N2CCCCCC2)cc(OC)c1OC. The van der Waals surface area contributed by atoms with Gasteiger partial charge in [-0.3, -0.25) is 9.59 Å². The molecule has 0 aromatic heterocycles. The number of carbonyl (C=O) groups is 2. The van der Waals surface area contributed by atoms with E-state index in [0.717, 1.165) is 25.7 Å². The van der Waals surface area contributed by atoms with Crippen LogP contribution in [0.3, 0.4) is 0 Å². The van der Waals surface area contributed by atoms with Crippen molar-refractivity contribution in [3.8, 4) is 17.2 Å². The van der Waals surface area contributed by atoms with E-state index in [1.807, 2.05) is 4.90 Å². The first-order chi connectivity index (χ1) is 12.8. The van der Waals surface area contributed by atoms with Gasteiger partial charge in [0.2, 0.25) is 17.6 Å². The molecule has 1 saturated heterocycles. The smallest absolute Gasteiger partial charge is 0.239 e. The molecule has 1 fully saturated rings. The van der Waals surface area contributed by atoms with E-state index in [1.165, 1.54) is 21.3 Å². The lowest BCUT2D eigenvalue weighted by Gasteiger charge is -2.30. The summed E-state index contributed by atoms with van der Waals surface area (Å²) in [5.41, 5.74) is -0.698. The molecule has 0 unspecified atom stereocenters. The number of hydrogen-bond donors (Lipinski definition) is 1. The van der Waals surface area contributed by atoms with Crippen molar-refractivity contribution in [2.24, 2.45) is 5.41 Å². The minimum atomic E-state index is -1.18. The van der Waals surface area contributed by atoms with Crippen LogP contribution in [0.5, 0.6) is 17.2 Å². The van der Waals surface area contributed by atoms with Gasteiger partial charge < -0.3 is 24.4 Å². The van der Waals surface area contributed by atoms with E-state index < -0.39 is 5.41 Å². The van der Waals surface area contributed by atoms with Crippen LogP contribution in [0, 0.1) is 5.41 Å². The van der Waals surface area contributed by atoms with E-state index in [0.29, 0.717) is 36.0 Å². The maximum atomic E-state index is 12.9. The molecule has 0 atom stereocenters. The van der Waals surface area contributed by atoms with Gasteiger partial charge in [-0.1, -0.05) is 12.8 Å². The third-order valence-corrected chi connectivity index (χ3v) is 4.92. The molecule has 1 heterocycles. The second-order valence-corrected chi connectivity index (χ2v) is 7.20. The fourth-order valence-corrected chi connectivity index (χ4v) is 3.21. The van der Waals surface area contributed by atoms with Crippen LogP contribution < -0.4 is 19.5 Å². The normalized spacial score (nSPS) is 14.9. The first kappa shape index (κ1) is 20.9. The molecule has 2 rings (SSSR count). The van der Waals surface area contributed by atoms with Crippen LogP contribution in [-0.2, 0) is 9.59 Å². The van der Waals surface area contributed by atoms with Gasteiger partial charge in [-0.25, -0.2) is 0 Å². The first-order valence-electron chi connectivity index (χ1n) is 9.26. The molecule has 27 heavy (non-hydrogen) atoms. The highest BCUT2D eigenvalue weighted by molar-refractivity contribution is 6.10. The molecule has 1 aliphatic rings. The second kappa shape index (κ2) is 8.97. The summed E-state index contributed by atoms with van der Waals surface area (Å²) in [6.07, 6.45) is 4.22. The minimum Gasteiger partial charge on any atom is -0.493 e. The highest BCUT2D eigenvalue weighted by Gasteiger charge is 2.39. The van der Waals surface area contributed by atoms with Crippen molar-refractivity contribution in [1.82, 2.24) is 4.90 Å². The number of hydrogen-bond acceptors (Lipinski definition) is 5. The van der Waals surface area contributed by atoms with E-state index in [4.69, 9.17) is 14.2 Å². The van der Waals surface area contributed by atoms with E-state index >= 15 is 0 Å². The Balaban J connectivity index is 2.20. The van der Waals surface area contributed by atoms with E-state index in [2.05, 4.69) is 5.32 Å². The van der Waals surface area contributed by atoms with Gasteiger partial charge in [0, 0.05) is 30.9 Å². The van der Waals surface area contributed by atoms with Crippen LogP contribution in [0.15, 0.2) is 12.1 Å². The van der Waals surface area contributed by atoms with Crippen molar-refractivity contribution in [2.75, 3.05) is 39.7 Å². The Morgan fingerprint density at radius 2 is 1.44 bits per heavy atom. The van der Waals surface area contributed by atoms with E-state index in [-0.39, 0.29) is 11.8 Å². The van der Waals surface area contributed by atoms with Gasteiger partial charge in [0.15, 0.2) is 11.5 Å². The number of rotatable bonds is 6. The molecule has 1 N–H and O–H groups in total. The van der Waals surface area contributed by atoms with Crippen LogP contribution >= 0.6 is 0 Å². The van der Waals surface area contributed by atoms with Crippen molar-refractivity contribution in [3.63, 3.8) is 0 Å². The number of anilines is 1. The van der Waals surface area contributed by atoms with Gasteiger partial charge in [0.25, 0.3) is 0 Å².